The van der Waals surface area contributed by atoms with Crippen LogP contribution in [0.3, 0.4) is 0 Å². The van der Waals surface area contributed by atoms with Crippen molar-refractivity contribution in [2.45, 2.75) is 12.2 Å². The van der Waals surface area contributed by atoms with Crippen LogP contribution in [0, 0.1) is 17.2 Å². The third-order valence-corrected chi connectivity index (χ3v) is 3.46. The molecule has 2 unspecified atom stereocenters. The van der Waals surface area contributed by atoms with E-state index < -0.39 is 34.5 Å². The number of hydrogen-bond acceptors (Lipinski definition) is 4. The Kier molecular flexibility index (Phi) is 3.60. The molecule has 90 valence electrons. The minimum atomic E-state index is -4.59. The summed E-state index contributed by atoms with van der Waals surface area (Å²) in [5, 5.41) is 11.6. The lowest BCUT2D eigenvalue weighted by atomic mass is 10.1. The monoisotopic (exact) mass is 254 g/mol. The molecule has 0 aliphatic carbocycles. The molecule has 0 fully saturated rings. The normalized spacial score (nSPS) is 25.2. The minimum absolute atomic E-state index is 0.261. The van der Waals surface area contributed by atoms with Crippen molar-refractivity contribution in [3.8, 4) is 6.07 Å². The van der Waals surface area contributed by atoms with Gasteiger partial charge in [0.05, 0.1) is 11.8 Å². The van der Waals surface area contributed by atoms with E-state index in [1.165, 1.54) is 6.08 Å². The molecule has 0 saturated carbocycles. The lowest BCUT2D eigenvalue weighted by Crippen LogP contribution is -2.38. The highest BCUT2D eigenvalue weighted by Crippen LogP contribution is 2.25. The van der Waals surface area contributed by atoms with E-state index in [2.05, 4.69) is 5.32 Å². The van der Waals surface area contributed by atoms with Crippen LogP contribution in [0.5, 0.6) is 0 Å². The Morgan fingerprint density at radius 3 is 2.56 bits per heavy atom. The zero-order chi connectivity index (χ0) is 12.4. The second kappa shape index (κ2) is 4.43. The summed E-state index contributed by atoms with van der Waals surface area (Å²) in [4.78, 5) is 0. The number of alkyl halides is 3. The molecule has 0 amide bonds. The number of sulfone groups is 1. The van der Waals surface area contributed by atoms with Gasteiger partial charge < -0.3 is 5.32 Å². The third kappa shape index (κ3) is 3.50. The second-order valence-electron chi connectivity index (χ2n) is 3.40. The van der Waals surface area contributed by atoms with Gasteiger partial charge in [-0.15, -0.1) is 0 Å². The Labute approximate surface area is 90.7 Å². The van der Waals surface area contributed by atoms with E-state index in [0.717, 1.165) is 11.5 Å². The van der Waals surface area contributed by atoms with Gasteiger partial charge >= 0.3 is 6.18 Å². The summed E-state index contributed by atoms with van der Waals surface area (Å²) in [5.41, 5.74) is 0. The fourth-order valence-corrected chi connectivity index (χ4v) is 2.48. The van der Waals surface area contributed by atoms with Crippen LogP contribution >= 0.6 is 0 Å². The van der Waals surface area contributed by atoms with Crippen molar-refractivity contribution in [2.24, 2.45) is 5.92 Å². The van der Waals surface area contributed by atoms with Crippen LogP contribution in [0.15, 0.2) is 11.5 Å². The van der Waals surface area contributed by atoms with Gasteiger partial charge in [0.2, 0.25) is 0 Å². The second-order valence-corrected chi connectivity index (χ2v) is 5.33. The van der Waals surface area contributed by atoms with Gasteiger partial charge in [-0.3, -0.25) is 0 Å². The van der Waals surface area contributed by atoms with Gasteiger partial charge in [0.1, 0.15) is 0 Å². The summed E-state index contributed by atoms with van der Waals surface area (Å²) in [6.45, 7) is -0.607. The highest BCUT2D eigenvalue weighted by Gasteiger charge is 2.40. The molecule has 1 aliphatic rings. The molecule has 0 aromatic heterocycles. The highest BCUT2D eigenvalue weighted by molar-refractivity contribution is 7.94. The van der Waals surface area contributed by atoms with E-state index in [1.54, 1.807) is 0 Å². The van der Waals surface area contributed by atoms with Crippen LogP contribution < -0.4 is 5.32 Å². The van der Waals surface area contributed by atoms with Crippen molar-refractivity contribution in [1.29, 1.82) is 5.26 Å². The van der Waals surface area contributed by atoms with Gasteiger partial charge in [-0.05, 0) is 0 Å². The van der Waals surface area contributed by atoms with Crippen LogP contribution in [0.1, 0.15) is 0 Å². The molecule has 0 bridgehead atoms. The molecule has 0 spiro atoms. The summed E-state index contributed by atoms with van der Waals surface area (Å²) in [7, 11) is -3.29. The average Bonchev–Trinajstić information content (AvgIpc) is 2.44. The SMILES string of the molecule is N#CC(CNC1C=CS(=O)(=O)C1)C(F)(F)F. The molecule has 1 heterocycles. The van der Waals surface area contributed by atoms with Crippen LogP contribution in [0.25, 0.3) is 0 Å². The van der Waals surface area contributed by atoms with E-state index in [9.17, 15) is 21.6 Å². The van der Waals surface area contributed by atoms with Gasteiger partial charge in [-0.2, -0.15) is 18.4 Å². The third-order valence-electron chi connectivity index (χ3n) is 2.07. The van der Waals surface area contributed by atoms with Gasteiger partial charge in [0.25, 0.3) is 0 Å². The first-order valence-corrected chi connectivity index (χ1v) is 6.07. The van der Waals surface area contributed by atoms with Crippen molar-refractivity contribution in [2.75, 3.05) is 12.3 Å². The predicted molar refractivity (Wildman–Crippen MR) is 49.9 cm³/mol. The number of rotatable bonds is 3. The topological polar surface area (TPSA) is 70.0 Å². The first kappa shape index (κ1) is 13.0. The van der Waals surface area contributed by atoms with Crippen LogP contribution in [-0.4, -0.2) is 32.9 Å². The lowest BCUT2D eigenvalue weighted by molar-refractivity contribution is -0.157. The van der Waals surface area contributed by atoms with Crippen molar-refractivity contribution in [3.63, 3.8) is 0 Å². The molecule has 8 heteroatoms. The van der Waals surface area contributed by atoms with Crippen molar-refractivity contribution in [1.82, 2.24) is 5.32 Å². The molecule has 0 radical (unpaired) electrons. The highest BCUT2D eigenvalue weighted by atomic mass is 32.2. The van der Waals surface area contributed by atoms with Crippen molar-refractivity contribution >= 4 is 9.84 Å². The maximum atomic E-state index is 12.1. The number of nitrogens with zero attached hydrogens (tertiary/aromatic N) is 1. The molecule has 16 heavy (non-hydrogen) atoms. The van der Waals surface area contributed by atoms with Crippen molar-refractivity contribution in [3.05, 3.63) is 11.5 Å². The summed E-state index contributed by atoms with van der Waals surface area (Å²) < 4.78 is 58.3. The largest absolute Gasteiger partial charge is 0.405 e. The van der Waals surface area contributed by atoms with E-state index in [4.69, 9.17) is 5.26 Å². The number of nitrogens with one attached hydrogen (secondary N) is 1. The zero-order valence-electron chi connectivity index (χ0n) is 8.03. The Morgan fingerprint density at radius 2 is 2.19 bits per heavy atom. The Hall–Kier alpha value is -1.07. The lowest BCUT2D eigenvalue weighted by Gasteiger charge is -2.16. The average molecular weight is 254 g/mol. The molecule has 1 N–H and O–H groups in total. The molecule has 0 saturated heterocycles. The quantitative estimate of drug-likeness (QED) is 0.800. The summed E-state index contributed by atoms with van der Waals surface area (Å²) in [5.74, 6) is -2.38. The standard InChI is InChI=1S/C8H9F3N2O2S/c9-8(10,11)6(3-12)4-13-7-1-2-16(14,15)5-7/h1-2,6-7,13H,4-5H2. The molecule has 0 aromatic carbocycles. The van der Waals surface area contributed by atoms with Gasteiger partial charge in [-0.25, -0.2) is 8.42 Å². The van der Waals surface area contributed by atoms with Gasteiger partial charge in [-0.1, -0.05) is 6.08 Å². The van der Waals surface area contributed by atoms with E-state index in [0.29, 0.717) is 0 Å². The summed E-state index contributed by atoms with van der Waals surface area (Å²) in [6, 6.07) is 0.476. The molecular formula is C8H9F3N2O2S. The van der Waals surface area contributed by atoms with Crippen LogP contribution in [0.2, 0.25) is 0 Å². The molecule has 0 aromatic rings. The van der Waals surface area contributed by atoms with Crippen LogP contribution in [-0.2, 0) is 9.84 Å². The molecule has 2 atom stereocenters. The Bertz CT molecular complexity index is 422. The first-order chi connectivity index (χ1) is 7.24. The van der Waals surface area contributed by atoms with Crippen molar-refractivity contribution < 1.29 is 21.6 Å². The Balaban J connectivity index is 2.48. The van der Waals surface area contributed by atoms with E-state index >= 15 is 0 Å². The molecule has 1 aliphatic heterocycles. The Morgan fingerprint density at radius 1 is 1.56 bits per heavy atom. The molecular weight excluding hydrogens is 245 g/mol. The molecule has 4 nitrogen and oxygen atoms in total. The van der Waals surface area contributed by atoms with Gasteiger partial charge in [0, 0.05) is 18.0 Å². The van der Waals surface area contributed by atoms with Gasteiger partial charge in [0.15, 0.2) is 15.8 Å². The zero-order valence-corrected chi connectivity index (χ0v) is 8.85. The first-order valence-electron chi connectivity index (χ1n) is 4.35. The smallest absolute Gasteiger partial charge is 0.308 e. The fourth-order valence-electron chi connectivity index (χ4n) is 1.21. The van der Waals surface area contributed by atoms with E-state index in [-0.39, 0.29) is 5.75 Å². The van der Waals surface area contributed by atoms with Crippen LogP contribution in [0.4, 0.5) is 13.2 Å². The maximum absolute atomic E-state index is 12.1. The maximum Gasteiger partial charge on any atom is 0.405 e. The summed E-state index contributed by atoms with van der Waals surface area (Å²) >= 11 is 0. The fraction of sp³-hybridized carbons (Fsp3) is 0.625. The predicted octanol–water partition coefficient (Wildman–Crippen LogP) is 0.589. The number of nitriles is 1. The number of hydrogen-bond donors (Lipinski definition) is 1. The molecule has 1 rings (SSSR count). The number of halogens is 3. The minimum Gasteiger partial charge on any atom is -0.308 e. The van der Waals surface area contributed by atoms with E-state index in [1.807, 2.05) is 0 Å². The summed E-state index contributed by atoms with van der Waals surface area (Å²) in [6.07, 6.45) is -3.32.